The summed E-state index contributed by atoms with van der Waals surface area (Å²) >= 11 is 0. The molecular formula is C21H25NO3. The SMILES string of the molecule is CCOc1ccc(C(C)(C(=O)O)c2ccc(N3CCCC3)cc2)cc1. The summed E-state index contributed by atoms with van der Waals surface area (Å²) in [5.41, 5.74) is 1.61. The monoisotopic (exact) mass is 339 g/mol. The number of benzene rings is 2. The largest absolute Gasteiger partial charge is 0.494 e. The van der Waals surface area contributed by atoms with Gasteiger partial charge in [-0.1, -0.05) is 24.3 Å². The Balaban J connectivity index is 1.92. The van der Waals surface area contributed by atoms with Crippen molar-refractivity contribution in [2.24, 2.45) is 0 Å². The molecule has 0 spiro atoms. The number of anilines is 1. The van der Waals surface area contributed by atoms with Crippen LogP contribution >= 0.6 is 0 Å². The average molecular weight is 339 g/mol. The van der Waals surface area contributed by atoms with Gasteiger partial charge in [-0.3, -0.25) is 4.79 Å². The van der Waals surface area contributed by atoms with Gasteiger partial charge >= 0.3 is 5.97 Å². The van der Waals surface area contributed by atoms with E-state index in [-0.39, 0.29) is 0 Å². The van der Waals surface area contributed by atoms with Crippen LogP contribution in [0.15, 0.2) is 48.5 Å². The van der Waals surface area contributed by atoms with Gasteiger partial charge in [0.25, 0.3) is 0 Å². The van der Waals surface area contributed by atoms with E-state index in [2.05, 4.69) is 4.90 Å². The lowest BCUT2D eigenvalue weighted by molar-refractivity contribution is -0.141. The van der Waals surface area contributed by atoms with Crippen molar-refractivity contribution >= 4 is 11.7 Å². The van der Waals surface area contributed by atoms with E-state index in [4.69, 9.17) is 4.74 Å². The molecule has 0 saturated carbocycles. The van der Waals surface area contributed by atoms with Gasteiger partial charge in [-0.25, -0.2) is 0 Å². The van der Waals surface area contributed by atoms with Crippen molar-refractivity contribution in [3.8, 4) is 5.75 Å². The van der Waals surface area contributed by atoms with Crippen LogP contribution in [0.5, 0.6) is 5.75 Å². The molecule has 4 heteroatoms. The quantitative estimate of drug-likeness (QED) is 0.862. The molecule has 1 atom stereocenters. The summed E-state index contributed by atoms with van der Waals surface area (Å²) in [5, 5.41) is 9.95. The summed E-state index contributed by atoms with van der Waals surface area (Å²) in [4.78, 5) is 14.5. The summed E-state index contributed by atoms with van der Waals surface area (Å²) < 4.78 is 5.46. The fourth-order valence-electron chi connectivity index (χ4n) is 3.45. The minimum absolute atomic E-state index is 0.591. The van der Waals surface area contributed by atoms with Crippen LogP contribution in [0.25, 0.3) is 0 Å². The molecule has 1 saturated heterocycles. The van der Waals surface area contributed by atoms with Gasteiger partial charge < -0.3 is 14.7 Å². The molecule has 2 aromatic rings. The molecule has 3 rings (SSSR count). The summed E-state index contributed by atoms with van der Waals surface area (Å²) in [6.45, 7) is 6.43. The van der Waals surface area contributed by atoms with Crippen LogP contribution in [0.3, 0.4) is 0 Å². The Bertz CT molecular complexity index is 718. The number of carboxylic acid groups (broad SMARTS) is 1. The van der Waals surface area contributed by atoms with Gasteiger partial charge in [0, 0.05) is 18.8 Å². The molecule has 4 nitrogen and oxygen atoms in total. The zero-order valence-corrected chi connectivity index (χ0v) is 14.9. The fourth-order valence-corrected chi connectivity index (χ4v) is 3.45. The number of nitrogens with zero attached hydrogens (tertiary/aromatic N) is 1. The highest BCUT2D eigenvalue weighted by Crippen LogP contribution is 2.34. The Morgan fingerprint density at radius 1 is 1.04 bits per heavy atom. The second kappa shape index (κ2) is 7.18. The molecule has 1 unspecified atom stereocenters. The molecule has 0 aromatic heterocycles. The van der Waals surface area contributed by atoms with E-state index in [1.165, 1.54) is 18.5 Å². The second-order valence-corrected chi connectivity index (χ2v) is 6.63. The topological polar surface area (TPSA) is 49.8 Å². The van der Waals surface area contributed by atoms with Gasteiger partial charge in [0.2, 0.25) is 0 Å². The number of hydrogen-bond donors (Lipinski definition) is 1. The first-order valence-electron chi connectivity index (χ1n) is 8.88. The molecule has 0 bridgehead atoms. The molecule has 1 N–H and O–H groups in total. The predicted octanol–water partition coefficient (Wildman–Crippen LogP) is 4.08. The van der Waals surface area contributed by atoms with Crippen molar-refractivity contribution in [2.45, 2.75) is 32.1 Å². The van der Waals surface area contributed by atoms with Crippen molar-refractivity contribution in [1.29, 1.82) is 0 Å². The average Bonchev–Trinajstić information content (AvgIpc) is 3.16. The van der Waals surface area contributed by atoms with Crippen LogP contribution in [-0.4, -0.2) is 30.8 Å². The van der Waals surface area contributed by atoms with Crippen molar-refractivity contribution < 1.29 is 14.6 Å². The van der Waals surface area contributed by atoms with E-state index in [1.807, 2.05) is 55.5 Å². The van der Waals surface area contributed by atoms with Gasteiger partial charge in [-0.05, 0) is 62.1 Å². The Kier molecular flexibility index (Phi) is 4.98. The summed E-state index contributed by atoms with van der Waals surface area (Å²) in [6.07, 6.45) is 2.45. The lowest BCUT2D eigenvalue weighted by atomic mass is 9.76. The highest BCUT2D eigenvalue weighted by atomic mass is 16.5. The number of ether oxygens (including phenoxy) is 1. The highest BCUT2D eigenvalue weighted by molar-refractivity contribution is 5.85. The maximum absolute atomic E-state index is 12.1. The van der Waals surface area contributed by atoms with Crippen LogP contribution in [0.2, 0.25) is 0 Å². The van der Waals surface area contributed by atoms with Gasteiger partial charge in [-0.2, -0.15) is 0 Å². The zero-order valence-electron chi connectivity index (χ0n) is 14.9. The molecule has 0 aliphatic carbocycles. The Labute approximate surface area is 149 Å². The van der Waals surface area contributed by atoms with E-state index in [0.29, 0.717) is 6.61 Å². The first-order valence-corrected chi connectivity index (χ1v) is 8.88. The van der Waals surface area contributed by atoms with E-state index >= 15 is 0 Å². The molecule has 0 amide bonds. The van der Waals surface area contributed by atoms with Crippen LogP contribution in [0, 0.1) is 0 Å². The lowest BCUT2D eigenvalue weighted by Gasteiger charge is -2.27. The van der Waals surface area contributed by atoms with Crippen molar-refractivity contribution in [1.82, 2.24) is 0 Å². The minimum Gasteiger partial charge on any atom is -0.494 e. The third-order valence-corrected chi connectivity index (χ3v) is 5.09. The predicted molar refractivity (Wildman–Crippen MR) is 99.6 cm³/mol. The normalized spacial score (nSPS) is 16.5. The number of carbonyl (C=O) groups is 1. The van der Waals surface area contributed by atoms with Crippen LogP contribution < -0.4 is 9.64 Å². The Morgan fingerprint density at radius 3 is 2.04 bits per heavy atom. The Morgan fingerprint density at radius 2 is 1.56 bits per heavy atom. The van der Waals surface area contributed by atoms with E-state index in [9.17, 15) is 9.90 Å². The van der Waals surface area contributed by atoms with Crippen molar-refractivity contribution in [3.63, 3.8) is 0 Å². The van der Waals surface area contributed by atoms with Crippen LogP contribution in [0.1, 0.15) is 37.8 Å². The minimum atomic E-state index is -1.09. The van der Waals surface area contributed by atoms with Crippen LogP contribution in [-0.2, 0) is 10.2 Å². The molecule has 1 aliphatic rings. The van der Waals surface area contributed by atoms with Crippen molar-refractivity contribution in [3.05, 3.63) is 59.7 Å². The third-order valence-electron chi connectivity index (χ3n) is 5.09. The zero-order chi connectivity index (χ0) is 17.9. The van der Waals surface area contributed by atoms with E-state index in [1.54, 1.807) is 6.92 Å². The number of hydrogen-bond acceptors (Lipinski definition) is 3. The fraction of sp³-hybridized carbons (Fsp3) is 0.381. The number of rotatable bonds is 6. The summed E-state index contributed by atoms with van der Waals surface area (Å²) in [5.74, 6) is -0.103. The smallest absolute Gasteiger partial charge is 0.318 e. The standard InChI is InChI=1S/C21H25NO3/c1-3-25-19-12-8-17(9-13-19)21(2,20(23)24)16-6-10-18(11-7-16)22-14-4-5-15-22/h6-13H,3-5,14-15H2,1-2H3,(H,23,24). The number of aliphatic carboxylic acids is 1. The molecule has 2 aromatic carbocycles. The molecule has 132 valence electrons. The van der Waals surface area contributed by atoms with Gasteiger partial charge in [0.05, 0.1) is 6.61 Å². The lowest BCUT2D eigenvalue weighted by Crippen LogP contribution is -2.33. The summed E-state index contributed by atoms with van der Waals surface area (Å²) in [6, 6.07) is 15.3. The third kappa shape index (κ3) is 3.34. The van der Waals surface area contributed by atoms with Gasteiger partial charge in [0.15, 0.2) is 0 Å². The molecule has 1 fully saturated rings. The molecule has 25 heavy (non-hydrogen) atoms. The summed E-state index contributed by atoms with van der Waals surface area (Å²) in [7, 11) is 0. The maximum atomic E-state index is 12.1. The molecular weight excluding hydrogens is 314 g/mol. The molecule has 1 heterocycles. The first-order chi connectivity index (χ1) is 12.1. The van der Waals surface area contributed by atoms with Crippen molar-refractivity contribution in [2.75, 3.05) is 24.6 Å². The maximum Gasteiger partial charge on any atom is 0.318 e. The molecule has 1 aliphatic heterocycles. The van der Waals surface area contributed by atoms with Gasteiger partial charge in [0.1, 0.15) is 11.2 Å². The number of carboxylic acids is 1. The van der Waals surface area contributed by atoms with E-state index in [0.717, 1.165) is 30.0 Å². The van der Waals surface area contributed by atoms with E-state index < -0.39 is 11.4 Å². The second-order valence-electron chi connectivity index (χ2n) is 6.63. The Hall–Kier alpha value is -2.49. The highest BCUT2D eigenvalue weighted by Gasteiger charge is 2.37. The molecule has 0 radical (unpaired) electrons. The first kappa shape index (κ1) is 17.3. The van der Waals surface area contributed by atoms with Gasteiger partial charge in [-0.15, -0.1) is 0 Å². The van der Waals surface area contributed by atoms with Crippen LogP contribution in [0.4, 0.5) is 5.69 Å².